The molecule has 0 amide bonds. The number of hydrogen-bond acceptors (Lipinski definition) is 2. The molecule has 3 nitrogen and oxygen atoms in total. The Hall–Kier alpha value is -0.870. The number of benzene rings is 1. The Kier molecular flexibility index (Phi) is 3.67. The van der Waals surface area contributed by atoms with E-state index >= 15 is 0 Å². The highest BCUT2D eigenvalue weighted by Gasteiger charge is 2.28. The molecule has 0 spiro atoms. The first-order chi connectivity index (χ1) is 7.83. The van der Waals surface area contributed by atoms with Crippen LogP contribution in [0.3, 0.4) is 0 Å². The summed E-state index contributed by atoms with van der Waals surface area (Å²) in [6, 6.07) is 5.12. The van der Waals surface area contributed by atoms with Crippen LogP contribution in [0.5, 0.6) is 0 Å². The third kappa shape index (κ3) is 3.33. The zero-order chi connectivity index (χ0) is 14.4. The van der Waals surface area contributed by atoms with Gasteiger partial charge in [0, 0.05) is 11.2 Å². The van der Waals surface area contributed by atoms with E-state index in [2.05, 4.69) is 0 Å². The van der Waals surface area contributed by atoms with Gasteiger partial charge in [0.1, 0.15) is 5.60 Å². The van der Waals surface area contributed by atoms with Gasteiger partial charge < -0.3 is 0 Å². The first-order valence-corrected chi connectivity index (χ1v) is 7.89. The van der Waals surface area contributed by atoms with Crippen molar-refractivity contribution in [2.45, 2.75) is 50.5 Å². The summed E-state index contributed by atoms with van der Waals surface area (Å²) >= 11 is 0. The summed E-state index contributed by atoms with van der Waals surface area (Å²) in [4.78, 5) is 0.487. The van der Waals surface area contributed by atoms with Gasteiger partial charge >= 0.3 is 0 Å². The highest BCUT2D eigenvalue weighted by molar-refractivity contribution is 7.91. The third-order valence-corrected chi connectivity index (χ3v) is 4.05. The molecule has 0 saturated carbocycles. The summed E-state index contributed by atoms with van der Waals surface area (Å²) in [6.45, 7) is 9.30. The molecule has 0 bridgehead atoms. The Labute approximate surface area is 110 Å². The van der Waals surface area contributed by atoms with Gasteiger partial charge in [-0.2, -0.15) is 0 Å². The molecule has 0 aliphatic rings. The topological polar surface area (TPSA) is 60.8 Å². The fourth-order valence-electron chi connectivity index (χ4n) is 1.91. The van der Waals surface area contributed by atoms with Crippen molar-refractivity contribution in [1.82, 2.24) is 0 Å². The lowest BCUT2D eigenvalue weighted by atomic mass is 9.79. The molecule has 0 saturated heterocycles. The van der Waals surface area contributed by atoms with Crippen LogP contribution in [0.25, 0.3) is 0 Å². The molecule has 0 aromatic heterocycles. The SMILES string of the molecule is CC(C)(C)c1cc(S(C)(=N)=O)ccc1C(C)(C)[O]. The van der Waals surface area contributed by atoms with E-state index in [0.717, 1.165) is 5.56 Å². The fourth-order valence-corrected chi connectivity index (χ4v) is 2.58. The Morgan fingerprint density at radius 3 is 1.89 bits per heavy atom. The second-order valence-corrected chi connectivity index (χ2v) is 8.47. The maximum Gasteiger partial charge on any atom is 0.123 e. The zero-order valence-corrected chi connectivity index (χ0v) is 12.8. The van der Waals surface area contributed by atoms with Crippen LogP contribution < -0.4 is 0 Å². The van der Waals surface area contributed by atoms with Crippen LogP contribution in [-0.2, 0) is 25.9 Å². The summed E-state index contributed by atoms with van der Waals surface area (Å²) in [5.74, 6) is 0. The summed E-state index contributed by atoms with van der Waals surface area (Å²) in [7, 11) is -2.75. The molecule has 0 aliphatic carbocycles. The first-order valence-electron chi connectivity index (χ1n) is 5.93. The van der Waals surface area contributed by atoms with E-state index in [1.54, 1.807) is 32.0 Å². The quantitative estimate of drug-likeness (QED) is 0.873. The third-order valence-electron chi connectivity index (χ3n) is 2.90. The average Bonchev–Trinajstić information content (AvgIpc) is 2.12. The number of nitrogens with one attached hydrogen (secondary N) is 1. The van der Waals surface area contributed by atoms with E-state index < -0.39 is 15.3 Å². The lowest BCUT2D eigenvalue weighted by Gasteiger charge is -2.28. The molecule has 4 heteroatoms. The van der Waals surface area contributed by atoms with Crippen LogP contribution in [0.1, 0.15) is 45.7 Å². The molecule has 1 aromatic rings. The molecule has 0 aliphatic heterocycles. The largest absolute Gasteiger partial charge is 0.249 e. The Bertz CT molecular complexity index is 546. The average molecular weight is 268 g/mol. The van der Waals surface area contributed by atoms with Gasteiger partial charge in [-0.1, -0.05) is 26.8 Å². The Morgan fingerprint density at radius 1 is 1.06 bits per heavy atom. The molecule has 18 heavy (non-hydrogen) atoms. The van der Waals surface area contributed by atoms with Crippen LogP contribution >= 0.6 is 0 Å². The van der Waals surface area contributed by atoms with Crippen LogP contribution in [0.15, 0.2) is 23.1 Å². The summed E-state index contributed by atoms with van der Waals surface area (Å²) in [6.07, 6.45) is 1.40. The van der Waals surface area contributed by atoms with Crippen molar-refractivity contribution in [2.24, 2.45) is 0 Å². The molecule has 0 fully saturated rings. The Morgan fingerprint density at radius 2 is 1.56 bits per heavy atom. The minimum atomic E-state index is -2.75. The molecule has 1 rings (SSSR count). The highest BCUT2D eigenvalue weighted by Crippen LogP contribution is 2.34. The molecule has 1 unspecified atom stereocenters. The minimum absolute atomic E-state index is 0.211. The summed E-state index contributed by atoms with van der Waals surface area (Å²) < 4.78 is 19.5. The monoisotopic (exact) mass is 268 g/mol. The first kappa shape index (κ1) is 15.2. The van der Waals surface area contributed by atoms with Gasteiger partial charge in [0.2, 0.25) is 0 Å². The maximum atomic E-state index is 12.2. The zero-order valence-electron chi connectivity index (χ0n) is 12.0. The maximum absolute atomic E-state index is 12.2. The van der Waals surface area contributed by atoms with Gasteiger partial charge in [-0.05, 0) is 42.5 Å². The number of rotatable bonds is 2. The van der Waals surface area contributed by atoms with E-state index in [0.29, 0.717) is 10.5 Å². The second kappa shape index (κ2) is 4.35. The predicted octanol–water partition coefficient (Wildman–Crippen LogP) is 3.69. The predicted molar refractivity (Wildman–Crippen MR) is 73.9 cm³/mol. The van der Waals surface area contributed by atoms with Crippen molar-refractivity contribution < 1.29 is 9.32 Å². The fraction of sp³-hybridized carbons (Fsp3) is 0.571. The van der Waals surface area contributed by atoms with E-state index in [1.807, 2.05) is 20.8 Å². The van der Waals surface area contributed by atoms with Gasteiger partial charge in [0.25, 0.3) is 0 Å². The Balaban J connectivity index is 3.60. The van der Waals surface area contributed by atoms with Crippen LogP contribution in [0, 0.1) is 4.78 Å². The van der Waals surface area contributed by atoms with Crippen molar-refractivity contribution >= 4 is 9.73 Å². The van der Waals surface area contributed by atoms with Gasteiger partial charge in [-0.3, -0.25) is 0 Å². The van der Waals surface area contributed by atoms with Crippen LogP contribution in [-0.4, -0.2) is 10.5 Å². The standard InChI is InChI=1S/C14H22NO2S/c1-13(2,3)12-9-10(18(6,15)17)7-8-11(12)14(4,5)16/h7-9,15H,1-6H3. The number of hydrogen-bond donors (Lipinski definition) is 1. The lowest BCUT2D eigenvalue weighted by Crippen LogP contribution is -2.23. The molecular formula is C14H22NO2S. The summed E-state index contributed by atoms with van der Waals surface area (Å²) in [5.41, 5.74) is 0.180. The van der Waals surface area contributed by atoms with E-state index in [4.69, 9.17) is 4.78 Å². The van der Waals surface area contributed by atoms with Gasteiger partial charge in [-0.25, -0.2) is 14.1 Å². The molecule has 101 valence electrons. The van der Waals surface area contributed by atoms with E-state index in [9.17, 15) is 9.32 Å². The van der Waals surface area contributed by atoms with Gasteiger partial charge in [0.15, 0.2) is 0 Å². The van der Waals surface area contributed by atoms with Crippen molar-refractivity contribution in [1.29, 1.82) is 4.78 Å². The van der Waals surface area contributed by atoms with Gasteiger partial charge in [0.05, 0.1) is 9.73 Å². The molecule has 1 atom stereocenters. The lowest BCUT2D eigenvalue weighted by molar-refractivity contribution is -0.00158. The van der Waals surface area contributed by atoms with Crippen molar-refractivity contribution in [3.05, 3.63) is 29.3 Å². The normalized spacial score (nSPS) is 16.4. The van der Waals surface area contributed by atoms with Crippen molar-refractivity contribution in [2.75, 3.05) is 6.26 Å². The highest BCUT2D eigenvalue weighted by atomic mass is 32.2. The molecule has 1 radical (unpaired) electrons. The van der Waals surface area contributed by atoms with E-state index in [-0.39, 0.29) is 5.41 Å². The van der Waals surface area contributed by atoms with Crippen LogP contribution in [0.2, 0.25) is 0 Å². The minimum Gasteiger partial charge on any atom is -0.249 e. The molecule has 1 aromatic carbocycles. The van der Waals surface area contributed by atoms with Crippen molar-refractivity contribution in [3.63, 3.8) is 0 Å². The molecule has 1 N–H and O–H groups in total. The summed E-state index contributed by atoms with van der Waals surface area (Å²) in [5, 5.41) is 12.2. The second-order valence-electron chi connectivity index (χ2n) is 6.31. The van der Waals surface area contributed by atoms with Crippen molar-refractivity contribution in [3.8, 4) is 0 Å². The smallest absolute Gasteiger partial charge is 0.123 e. The van der Waals surface area contributed by atoms with Gasteiger partial charge in [-0.15, -0.1) is 0 Å². The molecular weight excluding hydrogens is 246 g/mol. The van der Waals surface area contributed by atoms with E-state index in [1.165, 1.54) is 6.26 Å². The molecule has 0 heterocycles. The van der Waals surface area contributed by atoms with Crippen LogP contribution in [0.4, 0.5) is 0 Å².